The van der Waals surface area contributed by atoms with Crippen molar-refractivity contribution < 1.29 is 14.3 Å². The van der Waals surface area contributed by atoms with E-state index in [1.54, 1.807) is 7.11 Å². The second-order valence-electron chi connectivity index (χ2n) is 4.74. The molecule has 0 bridgehead atoms. The van der Waals surface area contributed by atoms with Gasteiger partial charge in [0.05, 0.1) is 25.4 Å². The molecule has 0 aromatic heterocycles. The van der Waals surface area contributed by atoms with Crippen LogP contribution >= 0.6 is 0 Å². The van der Waals surface area contributed by atoms with Crippen LogP contribution in [0.1, 0.15) is 32.6 Å². The van der Waals surface area contributed by atoms with E-state index in [1.807, 2.05) is 6.92 Å². The van der Waals surface area contributed by atoms with E-state index in [9.17, 15) is 4.79 Å². The Hall–Kier alpha value is -0.650. The predicted molar refractivity (Wildman–Crippen MR) is 70.6 cm³/mol. The number of hydrogen-bond acceptors (Lipinski definition) is 4. The van der Waals surface area contributed by atoms with E-state index in [1.165, 1.54) is 25.7 Å². The van der Waals surface area contributed by atoms with Crippen LogP contribution in [0.3, 0.4) is 0 Å². The maximum atomic E-state index is 11.6. The molecule has 0 aliphatic heterocycles. The fourth-order valence-electron chi connectivity index (χ4n) is 2.08. The summed E-state index contributed by atoms with van der Waals surface area (Å²) in [4.78, 5) is 11.6. The standard InChI is InChI=1S/C13H26N2O3/c1-11(13(16)15-7-9-17-2)14-8-10-18-12-5-3-4-6-12/h11-12,14H,3-10H2,1-2H3,(H,15,16). The van der Waals surface area contributed by atoms with Gasteiger partial charge in [0.15, 0.2) is 0 Å². The van der Waals surface area contributed by atoms with Crippen LogP contribution < -0.4 is 10.6 Å². The van der Waals surface area contributed by atoms with Gasteiger partial charge in [-0.2, -0.15) is 0 Å². The molecule has 1 fully saturated rings. The van der Waals surface area contributed by atoms with Crippen molar-refractivity contribution in [3.8, 4) is 0 Å². The molecule has 0 saturated heterocycles. The van der Waals surface area contributed by atoms with Crippen molar-refractivity contribution in [2.45, 2.75) is 44.8 Å². The first-order valence-electron chi connectivity index (χ1n) is 6.85. The molecule has 1 atom stereocenters. The number of methoxy groups -OCH3 is 1. The van der Waals surface area contributed by atoms with E-state index in [4.69, 9.17) is 9.47 Å². The number of hydrogen-bond donors (Lipinski definition) is 2. The van der Waals surface area contributed by atoms with Crippen molar-refractivity contribution >= 4 is 5.91 Å². The van der Waals surface area contributed by atoms with Gasteiger partial charge < -0.3 is 20.1 Å². The Kier molecular flexibility index (Phi) is 7.96. The molecule has 1 saturated carbocycles. The summed E-state index contributed by atoms with van der Waals surface area (Å²) >= 11 is 0. The van der Waals surface area contributed by atoms with Crippen molar-refractivity contribution in [3.63, 3.8) is 0 Å². The number of carbonyl (C=O) groups is 1. The second kappa shape index (κ2) is 9.30. The Bertz CT molecular complexity index is 230. The number of rotatable bonds is 9. The van der Waals surface area contributed by atoms with Gasteiger partial charge in [-0.05, 0) is 19.8 Å². The summed E-state index contributed by atoms with van der Waals surface area (Å²) in [6.07, 6.45) is 5.39. The summed E-state index contributed by atoms with van der Waals surface area (Å²) in [5, 5.41) is 5.95. The third-order valence-electron chi connectivity index (χ3n) is 3.21. The van der Waals surface area contributed by atoms with Gasteiger partial charge in [0.2, 0.25) is 5.91 Å². The van der Waals surface area contributed by atoms with Crippen LogP contribution in [-0.4, -0.2) is 51.5 Å². The van der Waals surface area contributed by atoms with Crippen LogP contribution in [0.2, 0.25) is 0 Å². The molecular weight excluding hydrogens is 232 g/mol. The summed E-state index contributed by atoms with van der Waals surface area (Å²) in [5.74, 6) is 0.00733. The quantitative estimate of drug-likeness (QED) is 0.597. The number of amides is 1. The Morgan fingerprint density at radius 1 is 1.28 bits per heavy atom. The van der Waals surface area contributed by atoms with Crippen molar-refractivity contribution in [2.75, 3.05) is 33.4 Å². The minimum absolute atomic E-state index is 0.00733. The summed E-state index contributed by atoms with van der Waals surface area (Å²) < 4.78 is 10.6. The molecule has 1 amide bonds. The Morgan fingerprint density at radius 3 is 2.67 bits per heavy atom. The first-order chi connectivity index (χ1) is 8.74. The summed E-state index contributed by atoms with van der Waals surface area (Å²) in [6, 6.07) is -0.186. The first kappa shape index (κ1) is 15.4. The van der Waals surface area contributed by atoms with Crippen LogP contribution in [0.15, 0.2) is 0 Å². The normalized spacial score (nSPS) is 17.9. The van der Waals surface area contributed by atoms with Crippen LogP contribution in [0.5, 0.6) is 0 Å². The molecule has 106 valence electrons. The second-order valence-corrected chi connectivity index (χ2v) is 4.74. The molecule has 0 aromatic rings. The molecule has 5 heteroatoms. The molecule has 1 aliphatic rings. The Labute approximate surface area is 110 Å². The van der Waals surface area contributed by atoms with Gasteiger partial charge in [-0.15, -0.1) is 0 Å². The van der Waals surface area contributed by atoms with Crippen LogP contribution in [0, 0.1) is 0 Å². The average molecular weight is 258 g/mol. The zero-order chi connectivity index (χ0) is 13.2. The number of ether oxygens (including phenoxy) is 2. The summed E-state index contributed by atoms with van der Waals surface area (Å²) in [7, 11) is 1.62. The molecule has 18 heavy (non-hydrogen) atoms. The molecule has 1 rings (SSSR count). The van der Waals surface area contributed by atoms with E-state index < -0.39 is 0 Å². The average Bonchev–Trinajstić information content (AvgIpc) is 2.87. The lowest BCUT2D eigenvalue weighted by atomic mass is 10.3. The maximum absolute atomic E-state index is 11.6. The van der Waals surface area contributed by atoms with Crippen molar-refractivity contribution in [1.82, 2.24) is 10.6 Å². The Balaban J connectivity index is 1.97. The molecule has 0 aromatic carbocycles. The SMILES string of the molecule is COCCNC(=O)C(C)NCCOC1CCCC1. The summed E-state index contributed by atoms with van der Waals surface area (Å²) in [5.41, 5.74) is 0. The lowest BCUT2D eigenvalue weighted by Crippen LogP contribution is -2.44. The predicted octanol–water partition coefficient (Wildman–Crippen LogP) is 0.686. The highest BCUT2D eigenvalue weighted by molar-refractivity contribution is 5.81. The van der Waals surface area contributed by atoms with E-state index in [0.717, 1.165) is 6.54 Å². The van der Waals surface area contributed by atoms with Crippen molar-refractivity contribution in [2.24, 2.45) is 0 Å². The molecule has 0 radical (unpaired) electrons. The van der Waals surface area contributed by atoms with Gasteiger partial charge >= 0.3 is 0 Å². The zero-order valence-electron chi connectivity index (χ0n) is 11.5. The van der Waals surface area contributed by atoms with E-state index >= 15 is 0 Å². The van der Waals surface area contributed by atoms with Gasteiger partial charge in [0, 0.05) is 20.2 Å². The Morgan fingerprint density at radius 2 is 2.00 bits per heavy atom. The first-order valence-corrected chi connectivity index (χ1v) is 6.85. The highest BCUT2D eigenvalue weighted by Gasteiger charge is 2.15. The number of carbonyl (C=O) groups excluding carboxylic acids is 1. The fraction of sp³-hybridized carbons (Fsp3) is 0.923. The van der Waals surface area contributed by atoms with Gasteiger partial charge in [0.25, 0.3) is 0 Å². The molecule has 0 spiro atoms. The lowest BCUT2D eigenvalue weighted by molar-refractivity contribution is -0.123. The van der Waals surface area contributed by atoms with E-state index in [2.05, 4.69) is 10.6 Å². The smallest absolute Gasteiger partial charge is 0.236 e. The van der Waals surface area contributed by atoms with Crippen molar-refractivity contribution in [1.29, 1.82) is 0 Å². The van der Waals surface area contributed by atoms with Gasteiger partial charge in [-0.1, -0.05) is 12.8 Å². The molecule has 5 nitrogen and oxygen atoms in total. The van der Waals surface area contributed by atoms with Crippen LogP contribution in [-0.2, 0) is 14.3 Å². The third kappa shape index (κ3) is 6.33. The largest absolute Gasteiger partial charge is 0.383 e. The fourth-order valence-corrected chi connectivity index (χ4v) is 2.08. The molecule has 1 unspecified atom stereocenters. The highest BCUT2D eigenvalue weighted by atomic mass is 16.5. The molecule has 0 heterocycles. The maximum Gasteiger partial charge on any atom is 0.236 e. The third-order valence-corrected chi connectivity index (χ3v) is 3.21. The van der Waals surface area contributed by atoms with Gasteiger partial charge in [0.1, 0.15) is 0 Å². The van der Waals surface area contributed by atoms with Crippen molar-refractivity contribution in [3.05, 3.63) is 0 Å². The minimum Gasteiger partial charge on any atom is -0.383 e. The van der Waals surface area contributed by atoms with Crippen LogP contribution in [0.25, 0.3) is 0 Å². The topological polar surface area (TPSA) is 59.6 Å². The van der Waals surface area contributed by atoms with Crippen LogP contribution in [0.4, 0.5) is 0 Å². The zero-order valence-corrected chi connectivity index (χ0v) is 11.5. The summed E-state index contributed by atoms with van der Waals surface area (Å²) in [6.45, 7) is 4.36. The molecule has 1 aliphatic carbocycles. The van der Waals surface area contributed by atoms with Gasteiger partial charge in [-0.3, -0.25) is 4.79 Å². The minimum atomic E-state index is -0.186. The monoisotopic (exact) mass is 258 g/mol. The van der Waals surface area contributed by atoms with E-state index in [-0.39, 0.29) is 11.9 Å². The highest BCUT2D eigenvalue weighted by Crippen LogP contribution is 2.20. The lowest BCUT2D eigenvalue weighted by Gasteiger charge is -2.15. The van der Waals surface area contributed by atoms with E-state index in [0.29, 0.717) is 25.9 Å². The molecular formula is C13H26N2O3. The van der Waals surface area contributed by atoms with Gasteiger partial charge in [-0.25, -0.2) is 0 Å². The number of nitrogens with one attached hydrogen (secondary N) is 2. The molecule has 2 N–H and O–H groups in total.